The number of aliphatic hydroxyl groups excluding tert-OH is 9. The second-order valence-electron chi connectivity index (χ2n) is 20.8. The van der Waals surface area contributed by atoms with Gasteiger partial charge in [0, 0.05) is 39.0 Å². The van der Waals surface area contributed by atoms with Gasteiger partial charge in [-0.2, -0.15) is 0 Å². The van der Waals surface area contributed by atoms with Gasteiger partial charge in [0.2, 0.25) is 29.5 Å². The molecule has 3 aliphatic heterocycles. The van der Waals surface area contributed by atoms with E-state index in [4.69, 9.17) is 28.4 Å². The van der Waals surface area contributed by atoms with Crippen LogP contribution in [0.1, 0.15) is 130 Å². The molecule has 3 aliphatic rings. The van der Waals surface area contributed by atoms with Crippen LogP contribution in [-0.4, -0.2) is 255 Å². The lowest BCUT2D eigenvalue weighted by atomic mass is 10.0. The first-order valence-corrected chi connectivity index (χ1v) is 28.4. The van der Waals surface area contributed by atoms with E-state index in [9.17, 15) is 79.8 Å². The van der Waals surface area contributed by atoms with Crippen molar-refractivity contribution in [2.45, 2.75) is 235 Å². The molecule has 0 spiro atoms. The Balaban J connectivity index is 1.71. The van der Waals surface area contributed by atoms with E-state index in [0.29, 0.717) is 6.42 Å². The molecule has 3 heterocycles. The molecule has 0 radical (unpaired) electrons. The van der Waals surface area contributed by atoms with Gasteiger partial charge in [-0.15, -0.1) is 0 Å². The number of nitrogens with zero attached hydrogens (tertiary/aromatic N) is 1. The zero-order chi connectivity index (χ0) is 59.3. The average Bonchev–Trinajstić information content (AvgIpc) is 3.42. The predicted molar refractivity (Wildman–Crippen MR) is 281 cm³/mol. The average molecular weight is 1160 g/mol. The van der Waals surface area contributed by atoms with Crippen LogP contribution in [0.4, 0.5) is 0 Å². The molecule has 3 saturated heterocycles. The highest BCUT2D eigenvalue weighted by molar-refractivity contribution is 5.88. The van der Waals surface area contributed by atoms with Crippen molar-refractivity contribution in [1.82, 2.24) is 31.5 Å². The molecule has 28 heteroatoms. The van der Waals surface area contributed by atoms with Gasteiger partial charge in [0.1, 0.15) is 61.0 Å². The smallest absolute Gasteiger partial charge is 0.303 e. The minimum absolute atomic E-state index is 0.0188. The molecule has 3 fully saturated rings. The summed E-state index contributed by atoms with van der Waals surface area (Å²) in [6.45, 7) is 4.08. The van der Waals surface area contributed by atoms with Crippen LogP contribution >= 0.6 is 0 Å². The largest absolute Gasteiger partial charge is 0.481 e. The Bertz CT molecular complexity index is 1770. The first-order valence-electron chi connectivity index (χ1n) is 28.4. The summed E-state index contributed by atoms with van der Waals surface area (Å²) >= 11 is 0. The summed E-state index contributed by atoms with van der Waals surface area (Å²) in [6, 6.07) is -2.38. The number of nitrogens with one attached hydrogen (secondary N) is 5. The first kappa shape index (κ1) is 70.4. The van der Waals surface area contributed by atoms with Crippen LogP contribution in [0.5, 0.6) is 0 Å². The fourth-order valence-electron chi connectivity index (χ4n) is 9.26. The number of aliphatic hydroxyl groups is 9. The number of hydrogen-bond donors (Lipinski definition) is 15. The van der Waals surface area contributed by atoms with E-state index < -0.39 is 147 Å². The SMILES string of the molecule is CCCCCCCCCCCCC(=O)N[C@@H](CCC(=O)O)C(=O)NCCCC[C@@H](C(=O)NCCO[C@@H]1O[C@@H](C)[C@@H](O)[C@@H](O)[C@@H]1O)N(CC(=O)NCCO[C@@H]1O[C@@H](C)[C@@H](O)[C@@H](O)[C@@H]1O)CC(=O)NCCO[C@@H]1O[C@@H](C)[C@@H](O)[C@@H](O)[C@@H]1O. The molecule has 0 aromatic heterocycles. The Labute approximate surface area is 467 Å². The Morgan fingerprint density at radius 3 is 1.27 bits per heavy atom. The summed E-state index contributed by atoms with van der Waals surface area (Å²) in [6.07, 6.45) is -9.73. The van der Waals surface area contributed by atoms with Crippen LogP contribution in [0, 0.1) is 0 Å². The van der Waals surface area contributed by atoms with E-state index in [1.165, 1.54) is 57.8 Å². The number of carbonyl (C=O) groups excluding carboxylic acids is 5. The number of aliphatic carboxylic acids is 1. The summed E-state index contributed by atoms with van der Waals surface area (Å²) in [5, 5.41) is 114. The molecule has 80 heavy (non-hydrogen) atoms. The molecular weight excluding hydrogens is 1060 g/mol. The van der Waals surface area contributed by atoms with E-state index in [0.717, 1.165) is 25.7 Å². The number of rotatable bonds is 39. The number of carboxylic acid groups (broad SMARTS) is 1. The van der Waals surface area contributed by atoms with Crippen molar-refractivity contribution in [2.24, 2.45) is 0 Å². The molecule has 0 aliphatic carbocycles. The lowest BCUT2D eigenvalue weighted by Gasteiger charge is -2.39. The van der Waals surface area contributed by atoms with E-state index in [1.54, 1.807) is 0 Å². The number of unbranched alkanes of at least 4 members (excludes halogenated alkanes) is 10. The number of amides is 5. The Hall–Kier alpha value is -3.82. The van der Waals surface area contributed by atoms with Crippen molar-refractivity contribution in [3.63, 3.8) is 0 Å². The van der Waals surface area contributed by atoms with E-state index in [-0.39, 0.29) is 90.4 Å². The summed E-state index contributed by atoms with van der Waals surface area (Å²) < 4.78 is 33.0. The van der Waals surface area contributed by atoms with Gasteiger partial charge in [0.15, 0.2) is 18.9 Å². The summed E-state index contributed by atoms with van der Waals surface area (Å²) in [4.78, 5) is 80.5. The maximum absolute atomic E-state index is 14.2. The van der Waals surface area contributed by atoms with Crippen LogP contribution in [0.15, 0.2) is 0 Å². The summed E-state index contributed by atoms with van der Waals surface area (Å²) in [5.41, 5.74) is 0. The van der Waals surface area contributed by atoms with Gasteiger partial charge in [-0.3, -0.25) is 33.7 Å². The molecule has 17 atom stereocenters. The maximum Gasteiger partial charge on any atom is 0.303 e. The van der Waals surface area contributed by atoms with Gasteiger partial charge < -0.3 is 106 Å². The zero-order valence-electron chi connectivity index (χ0n) is 46.8. The van der Waals surface area contributed by atoms with Crippen molar-refractivity contribution in [1.29, 1.82) is 0 Å². The van der Waals surface area contributed by atoms with Gasteiger partial charge in [0.25, 0.3) is 0 Å². The molecular formula is C52H94N6O22. The van der Waals surface area contributed by atoms with Crippen LogP contribution < -0.4 is 26.6 Å². The normalized spacial score (nSPS) is 29.6. The highest BCUT2D eigenvalue weighted by Crippen LogP contribution is 2.24. The number of carbonyl (C=O) groups is 6. The summed E-state index contributed by atoms with van der Waals surface area (Å²) in [7, 11) is 0. The zero-order valence-corrected chi connectivity index (χ0v) is 46.8. The van der Waals surface area contributed by atoms with E-state index in [2.05, 4.69) is 33.5 Å². The number of hydrogen-bond acceptors (Lipinski definition) is 22. The Morgan fingerprint density at radius 1 is 0.450 bits per heavy atom. The van der Waals surface area contributed by atoms with Crippen molar-refractivity contribution in [3.8, 4) is 0 Å². The van der Waals surface area contributed by atoms with Crippen molar-refractivity contribution in [3.05, 3.63) is 0 Å². The fraction of sp³-hybridized carbons (Fsp3) is 0.885. The Morgan fingerprint density at radius 2 is 0.850 bits per heavy atom. The van der Waals surface area contributed by atoms with Gasteiger partial charge in [0.05, 0.1) is 57.3 Å². The highest BCUT2D eigenvalue weighted by atomic mass is 16.7. The third-order valence-corrected chi connectivity index (χ3v) is 14.2. The quantitative estimate of drug-likeness (QED) is 0.0265. The minimum Gasteiger partial charge on any atom is -0.481 e. The topological polar surface area (TPSA) is 423 Å². The van der Waals surface area contributed by atoms with Gasteiger partial charge in [-0.05, 0) is 52.9 Å². The van der Waals surface area contributed by atoms with Crippen LogP contribution in [0.3, 0.4) is 0 Å². The van der Waals surface area contributed by atoms with Crippen molar-refractivity contribution < 1.29 is 108 Å². The van der Waals surface area contributed by atoms with Gasteiger partial charge in [-0.25, -0.2) is 0 Å². The highest BCUT2D eigenvalue weighted by Gasteiger charge is 2.45. The van der Waals surface area contributed by atoms with Gasteiger partial charge >= 0.3 is 5.97 Å². The van der Waals surface area contributed by atoms with Crippen molar-refractivity contribution >= 4 is 35.5 Å². The minimum atomic E-state index is -1.63. The lowest BCUT2D eigenvalue weighted by Crippen LogP contribution is -2.58. The van der Waals surface area contributed by atoms with Crippen LogP contribution in [0.2, 0.25) is 0 Å². The molecule has 5 amide bonds. The number of ether oxygens (including phenoxy) is 6. The van der Waals surface area contributed by atoms with Crippen LogP contribution in [0.25, 0.3) is 0 Å². The fourth-order valence-corrected chi connectivity index (χ4v) is 9.26. The van der Waals surface area contributed by atoms with Crippen molar-refractivity contribution in [2.75, 3.05) is 59.1 Å². The second-order valence-corrected chi connectivity index (χ2v) is 20.8. The molecule has 0 saturated carbocycles. The molecule has 28 nitrogen and oxygen atoms in total. The first-order chi connectivity index (χ1) is 38.1. The predicted octanol–water partition coefficient (Wildman–Crippen LogP) is -3.52. The summed E-state index contributed by atoms with van der Waals surface area (Å²) in [5.74, 6) is -4.24. The molecule has 15 N–H and O–H groups in total. The molecule has 0 bridgehead atoms. The van der Waals surface area contributed by atoms with E-state index >= 15 is 0 Å². The Kier molecular flexibility index (Phi) is 33.6. The van der Waals surface area contributed by atoms with Gasteiger partial charge in [-0.1, -0.05) is 64.7 Å². The molecule has 3 rings (SSSR count). The lowest BCUT2D eigenvalue weighted by molar-refractivity contribution is -0.292. The maximum atomic E-state index is 14.2. The molecule has 0 aromatic carbocycles. The number of carboxylic acids is 1. The van der Waals surface area contributed by atoms with Crippen LogP contribution in [-0.2, 0) is 57.2 Å². The third-order valence-electron chi connectivity index (χ3n) is 14.2. The van der Waals surface area contributed by atoms with E-state index in [1.807, 2.05) is 0 Å². The second kappa shape index (κ2) is 38.1. The monoisotopic (exact) mass is 1150 g/mol. The molecule has 0 aromatic rings. The molecule has 464 valence electrons. The standard InChI is InChI=1S/C52H94N6O22/c1-5-6-7-8-9-10-11-12-13-14-18-35(59)57-33(19-20-38(62)63)48(73)55-21-16-15-17-34(49(74)56-24-27-77-52-47(72)44(69)41(66)32(4)80-52)58(28-36(60)53-22-25-75-50-45(70)42(67)39(64)30(2)78-50)29-37(61)54-23-26-76-51-46(71)43(68)40(65)31(3)79-51/h30-34,39-47,50-52,64-72H,5-29H2,1-4H3,(H,53,60)(H,54,61)(H,55,73)(H,56,74)(H,57,59)(H,62,63)/t30-,31-,32-,33-,34-,39+,40+,41+,42+,43+,44+,45-,46-,47-,50+,51+,52+/m0/s1. The molecule has 0 unspecified atom stereocenters. The third kappa shape index (κ3) is 25.0.